The van der Waals surface area contributed by atoms with Crippen LogP contribution in [0.15, 0.2) is 4.99 Å². The van der Waals surface area contributed by atoms with Crippen molar-refractivity contribution < 1.29 is 4.79 Å². The maximum atomic E-state index is 11.3. The van der Waals surface area contributed by atoms with Gasteiger partial charge in [-0.05, 0) is 51.6 Å². The standard InChI is InChI=1S/C17H35N5O.HI/c1-4-19-17(21-10-8-14(2)3)20-9-6-12-22-11-5-7-15(13-22)16(18)23;/h14-15H,4-13H2,1-3H3,(H2,18,23)(H2,19,20,21);1H. The van der Waals surface area contributed by atoms with E-state index in [2.05, 4.69) is 41.3 Å². The van der Waals surface area contributed by atoms with Crippen molar-refractivity contribution in [3.8, 4) is 0 Å². The zero-order valence-corrected chi connectivity index (χ0v) is 17.8. The number of likely N-dealkylation sites (tertiary alicyclic amines) is 1. The van der Waals surface area contributed by atoms with Crippen LogP contribution >= 0.6 is 24.0 Å². The minimum absolute atomic E-state index is 0. The van der Waals surface area contributed by atoms with Crippen LogP contribution < -0.4 is 16.4 Å². The largest absolute Gasteiger partial charge is 0.369 e. The fraction of sp³-hybridized carbons (Fsp3) is 0.882. The Labute approximate surface area is 164 Å². The number of carbonyl (C=O) groups is 1. The molecule has 6 nitrogen and oxygen atoms in total. The average Bonchev–Trinajstić information content (AvgIpc) is 2.51. The number of rotatable bonds is 9. The fourth-order valence-corrected chi connectivity index (χ4v) is 2.80. The summed E-state index contributed by atoms with van der Waals surface area (Å²) in [6, 6.07) is 0. The highest BCUT2D eigenvalue weighted by Crippen LogP contribution is 2.15. The van der Waals surface area contributed by atoms with Crippen LogP contribution in [0.2, 0.25) is 0 Å². The van der Waals surface area contributed by atoms with Crippen molar-refractivity contribution in [1.29, 1.82) is 0 Å². The van der Waals surface area contributed by atoms with Gasteiger partial charge in [0.25, 0.3) is 0 Å². The molecule has 0 bridgehead atoms. The maximum Gasteiger partial charge on any atom is 0.221 e. The van der Waals surface area contributed by atoms with Gasteiger partial charge in [-0.3, -0.25) is 9.79 Å². The van der Waals surface area contributed by atoms with Gasteiger partial charge in [0.1, 0.15) is 0 Å². The molecular formula is C17H36IN5O. The number of hydrogen-bond acceptors (Lipinski definition) is 3. The normalized spacial score (nSPS) is 19.0. The Kier molecular flexibility index (Phi) is 13.4. The number of nitrogens with two attached hydrogens (primary N) is 1. The summed E-state index contributed by atoms with van der Waals surface area (Å²) >= 11 is 0. The topological polar surface area (TPSA) is 82.8 Å². The molecule has 1 fully saturated rings. The van der Waals surface area contributed by atoms with Gasteiger partial charge in [0.05, 0.1) is 5.92 Å². The summed E-state index contributed by atoms with van der Waals surface area (Å²) in [6.45, 7) is 12.0. The lowest BCUT2D eigenvalue weighted by Crippen LogP contribution is -2.41. The van der Waals surface area contributed by atoms with Crippen molar-refractivity contribution in [2.45, 2.75) is 46.5 Å². The molecule has 1 rings (SSSR count). The Bertz CT molecular complexity index is 376. The van der Waals surface area contributed by atoms with Gasteiger partial charge in [-0.15, -0.1) is 24.0 Å². The van der Waals surface area contributed by atoms with E-state index in [-0.39, 0.29) is 35.8 Å². The summed E-state index contributed by atoms with van der Waals surface area (Å²) in [5.74, 6) is 1.48. The van der Waals surface area contributed by atoms with Gasteiger partial charge in [-0.1, -0.05) is 13.8 Å². The Hall–Kier alpha value is -0.570. The van der Waals surface area contributed by atoms with Gasteiger partial charge in [-0.2, -0.15) is 0 Å². The second kappa shape index (κ2) is 13.7. The summed E-state index contributed by atoms with van der Waals surface area (Å²) in [4.78, 5) is 18.3. The van der Waals surface area contributed by atoms with Crippen LogP contribution in [-0.4, -0.2) is 56.0 Å². The van der Waals surface area contributed by atoms with Gasteiger partial charge >= 0.3 is 0 Å². The molecule has 0 aromatic heterocycles. The molecule has 1 amide bonds. The molecule has 1 aliphatic rings. The van der Waals surface area contributed by atoms with Crippen molar-refractivity contribution in [3.05, 3.63) is 0 Å². The zero-order chi connectivity index (χ0) is 17.1. The van der Waals surface area contributed by atoms with E-state index in [4.69, 9.17) is 5.73 Å². The predicted octanol–water partition coefficient (Wildman–Crippen LogP) is 1.79. The van der Waals surface area contributed by atoms with Crippen molar-refractivity contribution >= 4 is 35.8 Å². The van der Waals surface area contributed by atoms with Gasteiger partial charge in [0, 0.05) is 26.2 Å². The van der Waals surface area contributed by atoms with E-state index in [0.717, 1.165) is 70.9 Å². The summed E-state index contributed by atoms with van der Waals surface area (Å²) in [6.07, 6.45) is 4.16. The molecule has 4 N–H and O–H groups in total. The number of nitrogens with one attached hydrogen (secondary N) is 2. The molecule has 1 heterocycles. The van der Waals surface area contributed by atoms with Crippen molar-refractivity contribution in [2.75, 3.05) is 39.3 Å². The molecule has 0 aliphatic carbocycles. The highest BCUT2D eigenvalue weighted by Gasteiger charge is 2.23. The van der Waals surface area contributed by atoms with Gasteiger partial charge in [-0.25, -0.2) is 0 Å². The van der Waals surface area contributed by atoms with Crippen molar-refractivity contribution in [1.82, 2.24) is 15.5 Å². The molecule has 24 heavy (non-hydrogen) atoms. The fourth-order valence-electron chi connectivity index (χ4n) is 2.80. The van der Waals surface area contributed by atoms with E-state index in [9.17, 15) is 4.79 Å². The van der Waals surface area contributed by atoms with Crippen LogP contribution in [0.3, 0.4) is 0 Å². The lowest BCUT2D eigenvalue weighted by molar-refractivity contribution is -0.123. The number of carbonyl (C=O) groups excluding carboxylic acids is 1. The summed E-state index contributed by atoms with van der Waals surface area (Å²) in [5.41, 5.74) is 5.42. The minimum atomic E-state index is -0.156. The third-order valence-electron chi connectivity index (χ3n) is 4.17. The van der Waals surface area contributed by atoms with Crippen LogP contribution in [0.4, 0.5) is 0 Å². The molecule has 1 saturated heterocycles. The first-order chi connectivity index (χ1) is 11.0. The molecule has 0 aromatic carbocycles. The molecule has 0 radical (unpaired) electrons. The molecule has 1 aliphatic heterocycles. The maximum absolute atomic E-state index is 11.3. The van der Waals surface area contributed by atoms with E-state index in [0.29, 0.717) is 5.92 Å². The number of guanidine groups is 1. The average molecular weight is 453 g/mol. The second-order valence-electron chi connectivity index (χ2n) is 6.77. The Morgan fingerprint density at radius 3 is 2.75 bits per heavy atom. The van der Waals surface area contributed by atoms with Crippen LogP contribution in [-0.2, 0) is 4.79 Å². The molecule has 0 saturated carbocycles. The highest BCUT2D eigenvalue weighted by atomic mass is 127. The van der Waals surface area contributed by atoms with E-state index < -0.39 is 0 Å². The third-order valence-corrected chi connectivity index (χ3v) is 4.17. The number of piperidine rings is 1. The first-order valence-corrected chi connectivity index (χ1v) is 9.06. The number of primary amides is 1. The van der Waals surface area contributed by atoms with Crippen LogP contribution in [0.25, 0.3) is 0 Å². The Morgan fingerprint density at radius 1 is 1.38 bits per heavy atom. The van der Waals surface area contributed by atoms with Crippen LogP contribution in [0, 0.1) is 11.8 Å². The monoisotopic (exact) mass is 453 g/mol. The predicted molar refractivity (Wildman–Crippen MR) is 112 cm³/mol. The quantitative estimate of drug-likeness (QED) is 0.215. The number of hydrogen-bond donors (Lipinski definition) is 3. The molecule has 1 unspecified atom stereocenters. The number of amides is 1. The zero-order valence-electron chi connectivity index (χ0n) is 15.5. The molecule has 142 valence electrons. The molecule has 0 spiro atoms. The highest BCUT2D eigenvalue weighted by molar-refractivity contribution is 14.0. The smallest absolute Gasteiger partial charge is 0.221 e. The summed E-state index contributed by atoms with van der Waals surface area (Å²) < 4.78 is 0. The molecule has 0 aromatic rings. The van der Waals surface area contributed by atoms with Crippen LogP contribution in [0.1, 0.15) is 46.5 Å². The van der Waals surface area contributed by atoms with Gasteiger partial charge in [0.15, 0.2) is 5.96 Å². The van der Waals surface area contributed by atoms with E-state index in [1.807, 2.05) is 0 Å². The van der Waals surface area contributed by atoms with Crippen molar-refractivity contribution in [3.63, 3.8) is 0 Å². The number of halogens is 1. The number of nitrogens with zero attached hydrogens (tertiary/aromatic N) is 2. The molecule has 7 heteroatoms. The van der Waals surface area contributed by atoms with E-state index >= 15 is 0 Å². The lowest BCUT2D eigenvalue weighted by Gasteiger charge is -2.30. The Balaban J connectivity index is 0.00000529. The summed E-state index contributed by atoms with van der Waals surface area (Å²) in [5, 5.41) is 6.66. The Morgan fingerprint density at radius 2 is 2.12 bits per heavy atom. The van der Waals surface area contributed by atoms with Crippen molar-refractivity contribution in [2.24, 2.45) is 22.6 Å². The lowest BCUT2D eigenvalue weighted by atomic mass is 9.97. The van der Waals surface area contributed by atoms with Crippen LogP contribution in [0.5, 0.6) is 0 Å². The third kappa shape index (κ3) is 10.3. The van der Waals surface area contributed by atoms with E-state index in [1.165, 1.54) is 0 Å². The molecule has 1 atom stereocenters. The SMILES string of the molecule is CCNC(=NCCCN1CCCC(C(N)=O)C1)NCCC(C)C.I. The summed E-state index contributed by atoms with van der Waals surface area (Å²) in [7, 11) is 0. The minimum Gasteiger partial charge on any atom is -0.369 e. The van der Waals surface area contributed by atoms with Gasteiger partial charge in [0.2, 0.25) is 5.91 Å². The molecular weight excluding hydrogens is 417 g/mol. The first-order valence-electron chi connectivity index (χ1n) is 9.06. The first kappa shape index (κ1) is 23.4. The van der Waals surface area contributed by atoms with Gasteiger partial charge < -0.3 is 21.3 Å². The van der Waals surface area contributed by atoms with E-state index in [1.54, 1.807) is 0 Å². The second-order valence-corrected chi connectivity index (χ2v) is 6.77. The number of aliphatic imine (C=N–C) groups is 1.